The summed E-state index contributed by atoms with van der Waals surface area (Å²) in [6.07, 6.45) is 1.52. The van der Waals surface area contributed by atoms with Crippen molar-refractivity contribution in [3.8, 4) is 5.75 Å². The number of H-pyrrole nitrogens is 1. The minimum Gasteiger partial charge on any atom is -0.492 e. The summed E-state index contributed by atoms with van der Waals surface area (Å²) in [6, 6.07) is 7.32. The number of rotatable bonds is 6. The zero-order valence-electron chi connectivity index (χ0n) is 12.5. The number of nitrogens with one attached hydrogen (secondary N) is 2. The van der Waals surface area contributed by atoms with E-state index < -0.39 is 0 Å². The summed E-state index contributed by atoms with van der Waals surface area (Å²) in [5, 5.41) is 9.40. The monoisotopic (exact) mass is 288 g/mol. The summed E-state index contributed by atoms with van der Waals surface area (Å²) in [5.74, 6) is 0.608. The van der Waals surface area contributed by atoms with Gasteiger partial charge in [0.25, 0.3) is 5.91 Å². The highest BCUT2D eigenvalue weighted by Gasteiger charge is 2.10. The van der Waals surface area contributed by atoms with E-state index >= 15 is 0 Å². The standard InChI is InChI=1S/C15H20N4O2/c1-11-14(10-16-18-11)15(20)17-12-4-6-13(7-5-12)21-9-8-19(2)3/h4-7,10H,8-9H2,1-3H3,(H,16,18)(H,17,20). The second-order valence-corrected chi connectivity index (χ2v) is 5.04. The number of anilines is 1. The number of amides is 1. The molecule has 6 heteroatoms. The van der Waals surface area contributed by atoms with E-state index in [9.17, 15) is 4.79 Å². The first-order valence-corrected chi connectivity index (χ1v) is 6.75. The fraction of sp³-hybridized carbons (Fsp3) is 0.333. The van der Waals surface area contributed by atoms with Crippen molar-refractivity contribution >= 4 is 11.6 Å². The van der Waals surface area contributed by atoms with Gasteiger partial charge in [0.1, 0.15) is 12.4 Å². The maximum atomic E-state index is 12.0. The summed E-state index contributed by atoms with van der Waals surface area (Å²) in [4.78, 5) is 14.1. The van der Waals surface area contributed by atoms with E-state index in [-0.39, 0.29) is 5.91 Å². The first-order chi connectivity index (χ1) is 10.1. The molecule has 0 bridgehead atoms. The highest BCUT2D eigenvalue weighted by Crippen LogP contribution is 2.16. The molecule has 0 atom stereocenters. The van der Waals surface area contributed by atoms with Gasteiger partial charge >= 0.3 is 0 Å². The Morgan fingerprint density at radius 1 is 1.33 bits per heavy atom. The van der Waals surface area contributed by atoms with Crippen molar-refractivity contribution in [1.29, 1.82) is 0 Å². The Labute approximate surface area is 124 Å². The van der Waals surface area contributed by atoms with Crippen molar-refractivity contribution in [1.82, 2.24) is 15.1 Å². The fourth-order valence-electron chi connectivity index (χ4n) is 1.76. The van der Waals surface area contributed by atoms with Crippen molar-refractivity contribution in [3.05, 3.63) is 41.7 Å². The number of hydrogen-bond acceptors (Lipinski definition) is 4. The van der Waals surface area contributed by atoms with Crippen molar-refractivity contribution in [2.75, 3.05) is 32.6 Å². The molecule has 0 radical (unpaired) electrons. The van der Waals surface area contributed by atoms with Gasteiger partial charge in [0.15, 0.2) is 0 Å². The average molecular weight is 288 g/mol. The molecule has 0 unspecified atom stereocenters. The van der Waals surface area contributed by atoms with Crippen LogP contribution in [-0.4, -0.2) is 48.3 Å². The molecule has 0 saturated heterocycles. The molecule has 2 rings (SSSR count). The van der Waals surface area contributed by atoms with Crippen LogP contribution in [-0.2, 0) is 0 Å². The number of benzene rings is 1. The van der Waals surface area contributed by atoms with E-state index in [4.69, 9.17) is 4.74 Å². The molecule has 2 N–H and O–H groups in total. The highest BCUT2D eigenvalue weighted by molar-refractivity contribution is 6.04. The Morgan fingerprint density at radius 2 is 2.05 bits per heavy atom. The van der Waals surface area contributed by atoms with Gasteiger partial charge in [-0.2, -0.15) is 5.10 Å². The molecule has 0 fully saturated rings. The lowest BCUT2D eigenvalue weighted by atomic mass is 10.2. The zero-order valence-corrected chi connectivity index (χ0v) is 12.5. The largest absolute Gasteiger partial charge is 0.492 e. The van der Waals surface area contributed by atoms with E-state index in [2.05, 4.69) is 20.4 Å². The summed E-state index contributed by atoms with van der Waals surface area (Å²) in [6.45, 7) is 3.30. The van der Waals surface area contributed by atoms with Crippen molar-refractivity contribution in [2.24, 2.45) is 0 Å². The van der Waals surface area contributed by atoms with Gasteiger partial charge in [-0.15, -0.1) is 0 Å². The van der Waals surface area contributed by atoms with Crippen LogP contribution >= 0.6 is 0 Å². The van der Waals surface area contributed by atoms with E-state index in [1.165, 1.54) is 6.20 Å². The van der Waals surface area contributed by atoms with Crippen LogP contribution in [0.15, 0.2) is 30.5 Å². The van der Waals surface area contributed by atoms with Gasteiger partial charge in [-0.3, -0.25) is 9.89 Å². The lowest BCUT2D eigenvalue weighted by molar-refractivity contribution is 0.102. The molecule has 0 spiro atoms. The number of likely N-dealkylation sites (N-methyl/N-ethyl adjacent to an activating group) is 1. The molecule has 2 aromatic rings. The van der Waals surface area contributed by atoms with Gasteiger partial charge in [-0.1, -0.05) is 0 Å². The summed E-state index contributed by atoms with van der Waals surface area (Å²) in [5.41, 5.74) is 2.01. The molecule has 0 aliphatic carbocycles. The second kappa shape index (κ2) is 6.90. The molecule has 21 heavy (non-hydrogen) atoms. The van der Waals surface area contributed by atoms with Gasteiger partial charge in [0.2, 0.25) is 0 Å². The third kappa shape index (κ3) is 4.32. The normalized spacial score (nSPS) is 10.7. The van der Waals surface area contributed by atoms with Gasteiger partial charge in [0.05, 0.1) is 11.8 Å². The smallest absolute Gasteiger partial charge is 0.259 e. The topological polar surface area (TPSA) is 70.2 Å². The fourth-order valence-corrected chi connectivity index (χ4v) is 1.76. The molecule has 0 aliphatic heterocycles. The highest BCUT2D eigenvalue weighted by atomic mass is 16.5. The predicted molar refractivity (Wildman–Crippen MR) is 81.8 cm³/mol. The van der Waals surface area contributed by atoms with E-state index in [0.717, 1.165) is 23.7 Å². The lowest BCUT2D eigenvalue weighted by Crippen LogP contribution is -2.19. The van der Waals surface area contributed by atoms with Gasteiger partial charge in [-0.25, -0.2) is 0 Å². The maximum absolute atomic E-state index is 12.0. The summed E-state index contributed by atoms with van der Waals surface area (Å²) < 4.78 is 5.60. The Morgan fingerprint density at radius 3 is 2.62 bits per heavy atom. The molecule has 6 nitrogen and oxygen atoms in total. The van der Waals surface area contributed by atoms with E-state index in [1.807, 2.05) is 45.3 Å². The molecule has 112 valence electrons. The number of ether oxygens (including phenoxy) is 1. The molecule has 1 amide bonds. The van der Waals surface area contributed by atoms with Crippen LogP contribution in [0, 0.1) is 6.92 Å². The third-order valence-electron chi connectivity index (χ3n) is 2.99. The molecule has 0 aliphatic rings. The van der Waals surface area contributed by atoms with Crippen LogP contribution < -0.4 is 10.1 Å². The predicted octanol–water partition coefficient (Wildman–Crippen LogP) is 1.91. The Kier molecular flexibility index (Phi) is 4.94. The number of aromatic nitrogens is 2. The van der Waals surface area contributed by atoms with Crippen LogP contribution in [0.2, 0.25) is 0 Å². The quantitative estimate of drug-likeness (QED) is 0.852. The first kappa shape index (κ1) is 15.1. The molecule has 1 aromatic heterocycles. The average Bonchev–Trinajstić information content (AvgIpc) is 2.87. The SMILES string of the molecule is Cc1[nH]ncc1C(=O)Nc1ccc(OCCN(C)C)cc1. The first-order valence-electron chi connectivity index (χ1n) is 6.75. The minimum absolute atomic E-state index is 0.178. The number of nitrogens with zero attached hydrogens (tertiary/aromatic N) is 2. The number of hydrogen-bond donors (Lipinski definition) is 2. The molecule has 1 heterocycles. The van der Waals surface area contributed by atoms with Crippen molar-refractivity contribution < 1.29 is 9.53 Å². The van der Waals surface area contributed by atoms with Gasteiger partial charge < -0.3 is 15.0 Å². The maximum Gasteiger partial charge on any atom is 0.259 e. The van der Waals surface area contributed by atoms with Crippen LogP contribution in [0.25, 0.3) is 0 Å². The summed E-state index contributed by atoms with van der Waals surface area (Å²) in [7, 11) is 4.00. The van der Waals surface area contributed by atoms with Gasteiger partial charge in [0, 0.05) is 17.9 Å². The number of carbonyl (C=O) groups excluding carboxylic acids is 1. The van der Waals surface area contributed by atoms with Crippen LogP contribution in [0.3, 0.4) is 0 Å². The Balaban J connectivity index is 1.90. The number of carbonyl (C=O) groups is 1. The molecular weight excluding hydrogens is 268 g/mol. The van der Waals surface area contributed by atoms with E-state index in [0.29, 0.717) is 12.2 Å². The van der Waals surface area contributed by atoms with Crippen molar-refractivity contribution in [3.63, 3.8) is 0 Å². The summed E-state index contributed by atoms with van der Waals surface area (Å²) >= 11 is 0. The number of aromatic amines is 1. The second-order valence-electron chi connectivity index (χ2n) is 5.04. The third-order valence-corrected chi connectivity index (χ3v) is 2.99. The van der Waals surface area contributed by atoms with Crippen LogP contribution in [0.1, 0.15) is 16.1 Å². The zero-order chi connectivity index (χ0) is 15.2. The number of aryl methyl sites for hydroxylation is 1. The lowest BCUT2D eigenvalue weighted by Gasteiger charge is -2.11. The van der Waals surface area contributed by atoms with Crippen LogP contribution in [0.4, 0.5) is 5.69 Å². The molecule has 1 aromatic carbocycles. The molecular formula is C15H20N4O2. The van der Waals surface area contributed by atoms with Crippen molar-refractivity contribution in [2.45, 2.75) is 6.92 Å². The van der Waals surface area contributed by atoms with Crippen LogP contribution in [0.5, 0.6) is 5.75 Å². The van der Waals surface area contributed by atoms with E-state index in [1.54, 1.807) is 0 Å². The Bertz CT molecular complexity index is 590. The van der Waals surface area contributed by atoms with Gasteiger partial charge in [-0.05, 0) is 45.3 Å². The Hall–Kier alpha value is -2.34. The molecule has 0 saturated carbocycles. The minimum atomic E-state index is -0.178.